The summed E-state index contributed by atoms with van der Waals surface area (Å²) < 4.78 is 8.25. The normalized spacial score (nSPS) is 16.1. The zero-order valence-corrected chi connectivity index (χ0v) is 23.4. The molecule has 202 valence electrons. The molecule has 7 rings (SSSR count). The van der Waals surface area contributed by atoms with Crippen molar-refractivity contribution in [2.75, 3.05) is 0 Å². The molecule has 2 aliphatic rings. The van der Waals surface area contributed by atoms with E-state index in [1.165, 1.54) is 23.0 Å². The highest BCUT2D eigenvalue weighted by atomic mass is 35.5. The second-order valence-corrected chi connectivity index (χ2v) is 11.5. The van der Waals surface area contributed by atoms with Gasteiger partial charge in [0.05, 0.1) is 21.2 Å². The van der Waals surface area contributed by atoms with E-state index in [2.05, 4.69) is 12.1 Å². The van der Waals surface area contributed by atoms with Crippen LogP contribution in [-0.2, 0) is 6.42 Å². The summed E-state index contributed by atoms with van der Waals surface area (Å²) in [6, 6.07) is 24.0. The number of aryl methyl sites for hydroxylation is 2. The molecule has 0 saturated carbocycles. The number of nitro groups is 1. The Labute approximate surface area is 243 Å². The second kappa shape index (κ2) is 9.83. The molecule has 9 heteroatoms. The largest absolute Gasteiger partial charge is 0.457 e. The quantitative estimate of drug-likeness (QED) is 0.181. The molecule has 0 amide bonds. The fourth-order valence-electron chi connectivity index (χ4n) is 5.67. The van der Waals surface area contributed by atoms with Crippen molar-refractivity contribution in [3.63, 3.8) is 0 Å². The van der Waals surface area contributed by atoms with Gasteiger partial charge in [-0.25, -0.2) is 4.99 Å². The SMILES string of the molecule is Cc1ccc(-c2ccc(/C=c3/sc4n(c3=O)C(c3ccccc3Cl)C3=C(N=4)c4ccccc4CC3)o2)cc1[N+](=O)[O-]. The molecule has 5 aromatic rings. The van der Waals surface area contributed by atoms with E-state index in [1.54, 1.807) is 41.8 Å². The Hall–Kier alpha value is -4.53. The van der Waals surface area contributed by atoms with Crippen LogP contribution in [0.3, 0.4) is 0 Å². The van der Waals surface area contributed by atoms with Crippen LogP contribution in [0.1, 0.15) is 40.5 Å². The minimum atomic E-state index is -0.406. The molecule has 0 bridgehead atoms. The van der Waals surface area contributed by atoms with Crippen molar-refractivity contribution in [1.29, 1.82) is 0 Å². The zero-order chi connectivity index (χ0) is 28.2. The topological polar surface area (TPSA) is 90.6 Å². The van der Waals surface area contributed by atoms with Gasteiger partial charge >= 0.3 is 0 Å². The van der Waals surface area contributed by atoms with Crippen LogP contribution in [0.2, 0.25) is 5.02 Å². The number of nitro benzene ring substituents is 1. The lowest BCUT2D eigenvalue weighted by Crippen LogP contribution is -2.38. The molecule has 1 aliphatic heterocycles. The number of aromatic nitrogens is 1. The van der Waals surface area contributed by atoms with Crippen LogP contribution in [0.15, 0.2) is 98.6 Å². The third kappa shape index (κ3) is 4.27. The first-order valence-corrected chi connectivity index (χ1v) is 14.3. The third-order valence-corrected chi connectivity index (χ3v) is 8.99. The minimum Gasteiger partial charge on any atom is -0.457 e. The van der Waals surface area contributed by atoms with Gasteiger partial charge in [-0.3, -0.25) is 19.5 Å². The molecule has 1 unspecified atom stereocenters. The van der Waals surface area contributed by atoms with E-state index in [-0.39, 0.29) is 17.3 Å². The number of hydrogen-bond donors (Lipinski definition) is 0. The van der Waals surface area contributed by atoms with Crippen LogP contribution >= 0.6 is 22.9 Å². The number of hydrogen-bond acceptors (Lipinski definition) is 6. The van der Waals surface area contributed by atoms with Crippen LogP contribution in [-0.4, -0.2) is 9.49 Å². The van der Waals surface area contributed by atoms with Crippen LogP contribution in [0.25, 0.3) is 23.1 Å². The maximum absolute atomic E-state index is 14.0. The molecule has 3 aromatic carbocycles. The molecule has 3 heterocycles. The first-order chi connectivity index (χ1) is 19.9. The number of furan rings is 1. The monoisotopic (exact) mass is 579 g/mol. The Morgan fingerprint density at radius 2 is 1.88 bits per heavy atom. The van der Waals surface area contributed by atoms with Crippen molar-refractivity contribution in [2.24, 2.45) is 4.99 Å². The van der Waals surface area contributed by atoms with Gasteiger partial charge in [0.15, 0.2) is 4.80 Å². The van der Waals surface area contributed by atoms with E-state index in [1.807, 2.05) is 36.4 Å². The van der Waals surface area contributed by atoms with Crippen LogP contribution < -0.4 is 14.9 Å². The van der Waals surface area contributed by atoms with Gasteiger partial charge < -0.3 is 4.42 Å². The number of thiazole rings is 1. The maximum atomic E-state index is 14.0. The molecule has 7 nitrogen and oxygen atoms in total. The lowest BCUT2D eigenvalue weighted by molar-refractivity contribution is -0.385. The van der Waals surface area contributed by atoms with Crippen molar-refractivity contribution < 1.29 is 9.34 Å². The van der Waals surface area contributed by atoms with Crippen LogP contribution in [0.5, 0.6) is 0 Å². The summed E-state index contributed by atoms with van der Waals surface area (Å²) >= 11 is 8.02. The van der Waals surface area contributed by atoms with E-state index in [0.717, 1.165) is 35.2 Å². The number of benzene rings is 3. The summed E-state index contributed by atoms with van der Waals surface area (Å²) in [6.07, 6.45) is 3.35. The van der Waals surface area contributed by atoms with E-state index >= 15 is 0 Å². The van der Waals surface area contributed by atoms with E-state index in [9.17, 15) is 14.9 Å². The molecule has 1 atom stereocenters. The highest BCUT2D eigenvalue weighted by molar-refractivity contribution is 7.07. The lowest BCUT2D eigenvalue weighted by Gasteiger charge is -2.31. The standard InChI is InChI=1S/C32H22ClN3O4S/c1-18-10-11-20(16-26(18)36(38)39)27-15-13-21(40-27)17-28-31(37)35-30(23-8-4-5-9-25(23)33)24-14-12-19-6-2-3-7-22(19)29(24)34-32(35)41-28/h2-11,13,15-17,30H,12,14H2,1H3/b28-17+. The molecule has 0 radical (unpaired) electrons. The van der Waals surface area contributed by atoms with E-state index < -0.39 is 4.92 Å². The summed E-state index contributed by atoms with van der Waals surface area (Å²) in [7, 11) is 0. The zero-order valence-electron chi connectivity index (χ0n) is 21.8. The molecule has 41 heavy (non-hydrogen) atoms. The Kier molecular flexibility index (Phi) is 6.10. The number of rotatable bonds is 4. The number of allylic oxidation sites excluding steroid dienone is 1. The van der Waals surface area contributed by atoms with Crippen molar-refractivity contribution in [3.05, 3.63) is 147 Å². The van der Waals surface area contributed by atoms with Gasteiger partial charge in [0.2, 0.25) is 0 Å². The first kappa shape index (κ1) is 25.4. The Morgan fingerprint density at radius 1 is 1.07 bits per heavy atom. The summed E-state index contributed by atoms with van der Waals surface area (Å²) in [5.74, 6) is 0.949. The van der Waals surface area contributed by atoms with Crippen molar-refractivity contribution >= 4 is 40.4 Å². The Morgan fingerprint density at radius 3 is 2.71 bits per heavy atom. The predicted molar refractivity (Wildman–Crippen MR) is 160 cm³/mol. The minimum absolute atomic E-state index is 0.0267. The fraction of sp³-hybridized carbons (Fsp3) is 0.125. The van der Waals surface area contributed by atoms with E-state index in [0.29, 0.717) is 37.0 Å². The molecule has 0 fully saturated rings. The molecule has 1 aliphatic carbocycles. The van der Waals surface area contributed by atoms with Gasteiger partial charge in [0, 0.05) is 33.9 Å². The highest BCUT2D eigenvalue weighted by Crippen LogP contribution is 2.42. The highest BCUT2D eigenvalue weighted by Gasteiger charge is 2.33. The maximum Gasteiger partial charge on any atom is 0.273 e. The van der Waals surface area contributed by atoms with Crippen LogP contribution in [0, 0.1) is 17.0 Å². The number of nitrogens with zero attached hydrogens (tertiary/aromatic N) is 3. The Bertz CT molecular complexity index is 2100. The fourth-order valence-corrected chi connectivity index (χ4v) is 6.89. The van der Waals surface area contributed by atoms with Gasteiger partial charge in [0.1, 0.15) is 11.5 Å². The van der Waals surface area contributed by atoms with Gasteiger partial charge in [-0.1, -0.05) is 77.5 Å². The first-order valence-electron chi connectivity index (χ1n) is 13.1. The van der Waals surface area contributed by atoms with Crippen molar-refractivity contribution in [1.82, 2.24) is 4.57 Å². The Balaban J connectivity index is 1.38. The average molecular weight is 580 g/mol. The summed E-state index contributed by atoms with van der Waals surface area (Å²) in [5, 5.41) is 12.0. The average Bonchev–Trinajstić information content (AvgIpc) is 3.56. The smallest absolute Gasteiger partial charge is 0.273 e. The molecule has 2 aromatic heterocycles. The van der Waals surface area contributed by atoms with Gasteiger partial charge in [-0.15, -0.1) is 0 Å². The summed E-state index contributed by atoms with van der Waals surface area (Å²) in [5.41, 5.74) is 6.20. The second-order valence-electron chi connectivity index (χ2n) is 10.1. The molecule has 0 saturated heterocycles. The number of fused-ring (bicyclic) bond motifs is 3. The molecule has 0 N–H and O–H groups in total. The lowest BCUT2D eigenvalue weighted by atomic mass is 9.83. The molecular formula is C32H22ClN3O4S. The predicted octanol–water partition coefficient (Wildman–Crippen LogP) is 6.45. The number of halogens is 1. The third-order valence-electron chi connectivity index (χ3n) is 7.66. The van der Waals surface area contributed by atoms with Crippen molar-refractivity contribution in [3.8, 4) is 11.3 Å². The summed E-state index contributed by atoms with van der Waals surface area (Å²) in [4.78, 5) is 30.6. The van der Waals surface area contributed by atoms with Crippen LogP contribution in [0.4, 0.5) is 5.69 Å². The van der Waals surface area contributed by atoms with Gasteiger partial charge in [0.25, 0.3) is 11.2 Å². The molecular weight excluding hydrogens is 558 g/mol. The van der Waals surface area contributed by atoms with Gasteiger partial charge in [-0.05, 0) is 54.7 Å². The van der Waals surface area contributed by atoms with Crippen molar-refractivity contribution in [2.45, 2.75) is 25.8 Å². The van der Waals surface area contributed by atoms with Gasteiger partial charge in [-0.2, -0.15) is 0 Å². The van der Waals surface area contributed by atoms with E-state index in [4.69, 9.17) is 21.0 Å². The summed E-state index contributed by atoms with van der Waals surface area (Å²) in [6.45, 7) is 1.70. The molecule has 0 spiro atoms.